The number of para-hydroxylation sites is 4. The minimum atomic E-state index is -0.837. The molecular formula is C52H40N2O6. The maximum Gasteiger partial charge on any atom is 0.266 e. The number of amides is 2. The molecule has 8 heteroatoms. The van der Waals surface area contributed by atoms with E-state index in [0.717, 1.165) is 54.2 Å². The van der Waals surface area contributed by atoms with Gasteiger partial charge in [-0.1, -0.05) is 121 Å². The van der Waals surface area contributed by atoms with E-state index in [0.29, 0.717) is 23.0 Å². The summed E-state index contributed by atoms with van der Waals surface area (Å²) in [6.45, 7) is 1.08. The highest BCUT2D eigenvalue weighted by molar-refractivity contribution is 6.06. The molecule has 5 heterocycles. The quantitative estimate of drug-likeness (QED) is 0.0987. The number of hydrogen-bond donors (Lipinski definition) is 0. The van der Waals surface area contributed by atoms with Crippen LogP contribution in [0.4, 0.5) is 0 Å². The number of rotatable bonds is 2. The van der Waals surface area contributed by atoms with E-state index >= 15 is 0 Å². The van der Waals surface area contributed by atoms with E-state index in [1.54, 1.807) is 0 Å². The predicted molar refractivity (Wildman–Crippen MR) is 234 cm³/mol. The van der Waals surface area contributed by atoms with Crippen molar-refractivity contribution in [3.05, 3.63) is 181 Å². The zero-order chi connectivity index (χ0) is 40.2. The second kappa shape index (κ2) is 14.8. The summed E-state index contributed by atoms with van der Waals surface area (Å²) in [5.41, 5.74) is 2.03. The van der Waals surface area contributed by atoms with Crippen molar-refractivity contribution in [2.24, 2.45) is 0 Å². The molecule has 0 aromatic heterocycles. The van der Waals surface area contributed by atoms with E-state index in [9.17, 15) is 9.59 Å². The van der Waals surface area contributed by atoms with Crippen LogP contribution in [0.25, 0.3) is 43.1 Å². The molecule has 0 saturated carbocycles. The van der Waals surface area contributed by atoms with Crippen LogP contribution in [-0.4, -0.2) is 60.1 Å². The molecule has 5 aliphatic heterocycles. The molecule has 2 fully saturated rings. The van der Waals surface area contributed by atoms with Gasteiger partial charge in [0.2, 0.25) is 12.2 Å². The molecule has 2 saturated heterocycles. The van der Waals surface area contributed by atoms with Gasteiger partial charge >= 0.3 is 0 Å². The molecule has 5 aliphatic rings. The van der Waals surface area contributed by atoms with E-state index in [4.69, 9.17) is 18.9 Å². The summed E-state index contributed by atoms with van der Waals surface area (Å²) in [5.74, 6) is 1.73. The highest BCUT2D eigenvalue weighted by Gasteiger charge is 2.55. The van der Waals surface area contributed by atoms with Gasteiger partial charge in [-0.05, 0) is 103 Å². The topological polar surface area (TPSA) is 77.5 Å². The van der Waals surface area contributed by atoms with Crippen molar-refractivity contribution in [2.45, 2.75) is 24.3 Å². The lowest BCUT2D eigenvalue weighted by Gasteiger charge is -2.51. The minimum absolute atomic E-state index is 0.153. The Kier molecular flexibility index (Phi) is 8.84. The average Bonchev–Trinajstić information content (AvgIpc) is 3.29. The summed E-state index contributed by atoms with van der Waals surface area (Å²) in [5, 5.41) is 8.49. The van der Waals surface area contributed by atoms with E-state index < -0.39 is 24.3 Å². The van der Waals surface area contributed by atoms with E-state index in [1.165, 1.54) is 0 Å². The number of hydrogen-bond acceptors (Lipinski definition) is 6. The lowest BCUT2D eigenvalue weighted by Crippen LogP contribution is -2.66. The molecule has 0 spiro atoms. The number of carbonyl (C=O) groups is 2. The first-order chi connectivity index (χ1) is 29.6. The van der Waals surface area contributed by atoms with Gasteiger partial charge in [-0.3, -0.25) is 9.59 Å². The normalized spacial score (nSPS) is 21.1. The summed E-state index contributed by atoms with van der Waals surface area (Å²) in [7, 11) is 0. The van der Waals surface area contributed by atoms with Crippen LogP contribution in [0.15, 0.2) is 170 Å². The number of carbonyl (C=O) groups excluding carboxylic acids is 2. The number of β-lactam (4-membered cyclic amide) rings is 2. The zero-order valence-corrected chi connectivity index (χ0v) is 32.6. The van der Waals surface area contributed by atoms with Gasteiger partial charge in [-0.15, -0.1) is 0 Å². The molecule has 0 radical (unpaired) electrons. The van der Waals surface area contributed by atoms with Crippen LogP contribution in [0.3, 0.4) is 0 Å². The van der Waals surface area contributed by atoms with Crippen molar-refractivity contribution in [2.75, 3.05) is 26.3 Å². The van der Waals surface area contributed by atoms with E-state index in [2.05, 4.69) is 60.7 Å². The number of nitrogens with zero attached hydrogens (tertiary/aromatic N) is 2. The van der Waals surface area contributed by atoms with Crippen LogP contribution in [0, 0.1) is 0 Å². The van der Waals surface area contributed by atoms with E-state index in [-0.39, 0.29) is 38.1 Å². The highest BCUT2D eigenvalue weighted by atomic mass is 16.5. The molecular weight excluding hydrogens is 749 g/mol. The second-order valence-corrected chi connectivity index (χ2v) is 15.5. The molecule has 0 N–H and O–H groups in total. The first kappa shape index (κ1) is 35.8. The second-order valence-electron chi connectivity index (χ2n) is 15.5. The third kappa shape index (κ3) is 5.98. The van der Waals surface area contributed by atoms with Crippen LogP contribution in [-0.2, 0) is 9.59 Å². The van der Waals surface area contributed by atoms with Crippen LogP contribution < -0.4 is 18.9 Å². The van der Waals surface area contributed by atoms with Crippen LogP contribution in [0.2, 0.25) is 0 Å². The Morgan fingerprint density at radius 3 is 1.08 bits per heavy atom. The van der Waals surface area contributed by atoms with Crippen molar-refractivity contribution in [3.63, 3.8) is 0 Å². The standard InChI is InChI=1S/C52H40N2O6/c55-51-49-47(45-37-19-5-1-15-33(37)31-34-16-2-6-20-38(34)45)53(51)27-28-54-48(46-39-21-7-3-17-35(39)32-36-18-4-8-22-40(36)46)50(52(54)56)60-44-26-12-10-24-42(44)58-30-14-13-29-57-41-23-9-11-25-43(41)59-49/h1-26,31-32,47-50H,27-30H2/b14-13+/t47-,48-,49+,50+/m1/s1. The summed E-state index contributed by atoms with van der Waals surface area (Å²) in [6, 6.07) is 51.6. The van der Waals surface area contributed by atoms with Gasteiger partial charge in [0.15, 0.2) is 23.0 Å². The fraction of sp³-hybridized carbons (Fsp3) is 0.154. The third-order valence-electron chi connectivity index (χ3n) is 12.1. The maximum absolute atomic E-state index is 14.7. The predicted octanol–water partition coefficient (Wildman–Crippen LogP) is 9.99. The van der Waals surface area contributed by atoms with Crippen LogP contribution >= 0.6 is 0 Å². The molecule has 4 atom stereocenters. The molecule has 294 valence electrons. The molecule has 13 rings (SSSR count). The Balaban J connectivity index is 1.06. The fourth-order valence-corrected chi connectivity index (χ4v) is 9.35. The van der Waals surface area contributed by atoms with E-state index in [1.807, 2.05) is 119 Å². The molecule has 60 heavy (non-hydrogen) atoms. The lowest BCUT2D eigenvalue weighted by atomic mass is 9.83. The van der Waals surface area contributed by atoms with Crippen molar-refractivity contribution in [3.8, 4) is 23.0 Å². The first-order valence-corrected chi connectivity index (χ1v) is 20.5. The maximum atomic E-state index is 14.7. The summed E-state index contributed by atoms with van der Waals surface area (Å²) >= 11 is 0. The minimum Gasteiger partial charge on any atom is -0.486 e. The Hall–Kier alpha value is -7.32. The summed E-state index contributed by atoms with van der Waals surface area (Å²) in [6.07, 6.45) is 2.09. The average molecular weight is 789 g/mol. The van der Waals surface area contributed by atoms with Crippen molar-refractivity contribution in [1.82, 2.24) is 9.80 Å². The van der Waals surface area contributed by atoms with Gasteiger partial charge in [0.05, 0.1) is 0 Å². The Morgan fingerprint density at radius 1 is 0.400 bits per heavy atom. The number of benzene rings is 8. The Labute approximate surface area is 346 Å². The van der Waals surface area contributed by atoms with Gasteiger partial charge in [0, 0.05) is 13.1 Å². The van der Waals surface area contributed by atoms with Crippen LogP contribution in [0.1, 0.15) is 23.2 Å². The molecule has 0 unspecified atom stereocenters. The van der Waals surface area contributed by atoms with Gasteiger partial charge in [0.25, 0.3) is 11.8 Å². The monoisotopic (exact) mass is 788 g/mol. The lowest BCUT2D eigenvalue weighted by molar-refractivity contribution is -0.172. The highest BCUT2D eigenvalue weighted by Crippen LogP contribution is 2.48. The molecule has 8 aromatic carbocycles. The van der Waals surface area contributed by atoms with Crippen molar-refractivity contribution >= 4 is 54.9 Å². The largest absolute Gasteiger partial charge is 0.486 e. The van der Waals surface area contributed by atoms with Crippen LogP contribution in [0.5, 0.6) is 23.0 Å². The SMILES string of the molecule is O=C1[C@H]2Oc3ccccc3OC/C=C/COc3ccccc3O[C@@H]3C(=O)N(CCN1[C@@H]2c1c2ccccc2cc2ccccc12)[C@@H]3c1c2ccccc2cc2ccccc12. The molecule has 8 aromatic rings. The summed E-state index contributed by atoms with van der Waals surface area (Å²) in [4.78, 5) is 33.1. The van der Waals surface area contributed by atoms with Crippen molar-refractivity contribution in [1.29, 1.82) is 0 Å². The number of ether oxygens (including phenoxy) is 4. The molecule has 2 amide bonds. The molecule has 4 bridgehead atoms. The molecule has 8 nitrogen and oxygen atoms in total. The fourth-order valence-electron chi connectivity index (χ4n) is 9.35. The summed E-state index contributed by atoms with van der Waals surface area (Å²) < 4.78 is 25.9. The Bertz CT molecular complexity index is 2700. The van der Waals surface area contributed by atoms with Gasteiger partial charge in [-0.2, -0.15) is 0 Å². The smallest absolute Gasteiger partial charge is 0.266 e. The van der Waals surface area contributed by atoms with Gasteiger partial charge in [0.1, 0.15) is 25.3 Å². The Morgan fingerprint density at radius 2 is 0.717 bits per heavy atom. The third-order valence-corrected chi connectivity index (χ3v) is 12.1. The van der Waals surface area contributed by atoms with Crippen molar-refractivity contribution < 1.29 is 28.5 Å². The van der Waals surface area contributed by atoms with Gasteiger partial charge < -0.3 is 28.7 Å². The zero-order valence-electron chi connectivity index (χ0n) is 32.6. The molecule has 0 aliphatic carbocycles. The number of fused-ring (bicyclic) bond motifs is 4. The first-order valence-electron chi connectivity index (χ1n) is 20.5. The van der Waals surface area contributed by atoms with Gasteiger partial charge in [-0.25, -0.2) is 0 Å².